The third-order valence-corrected chi connectivity index (χ3v) is 5.62. The Kier molecular flexibility index (Phi) is 10.5. The van der Waals surface area contributed by atoms with Crippen molar-refractivity contribution < 1.29 is 145 Å². The zero-order chi connectivity index (χ0) is 41.1. The Hall–Kier alpha value is -2.35. The fraction of sp³-hybridized carbons (Fsp3) is 1.00. The Labute approximate surface area is 241 Å². The second-order valence-electron chi connectivity index (χ2n) is 8.64. The van der Waals surface area contributed by atoms with E-state index in [0.717, 1.165) is 0 Å². The van der Waals surface area contributed by atoms with Crippen LogP contribution in [0.1, 0.15) is 0 Å². The van der Waals surface area contributed by atoms with Crippen molar-refractivity contribution in [2.24, 2.45) is 0 Å². The summed E-state index contributed by atoms with van der Waals surface area (Å²) >= 11 is 0. The molecule has 0 spiro atoms. The van der Waals surface area contributed by atoms with Crippen LogP contribution in [-0.4, -0.2) is 94.9 Å². The third kappa shape index (κ3) is 5.69. The minimum absolute atomic E-state index is 6.84. The first-order chi connectivity index (χ1) is 20.4. The molecule has 0 atom stereocenters. The first-order valence-corrected chi connectivity index (χ1v) is 9.91. The summed E-state index contributed by atoms with van der Waals surface area (Å²) in [4.78, 5) is -6.84. The highest BCUT2D eigenvalue weighted by molar-refractivity contribution is 5.19. The molecule has 0 aromatic heterocycles. The van der Waals surface area contributed by atoms with Gasteiger partial charge in [0.15, 0.2) is 0 Å². The van der Waals surface area contributed by atoms with Gasteiger partial charge >= 0.3 is 90.0 Å². The smallest absolute Gasteiger partial charge is 0.216 e. The first-order valence-electron chi connectivity index (χ1n) is 9.91. The van der Waals surface area contributed by atoms with Gasteiger partial charge in [0, 0.05) is 0 Å². The molecule has 1 nitrogen and oxygen atoms in total. The third-order valence-electron chi connectivity index (χ3n) is 5.62. The van der Waals surface area contributed by atoms with Gasteiger partial charge in [-0.3, -0.25) is 0 Å². The first kappa shape index (κ1) is 46.6. The van der Waals surface area contributed by atoms with Gasteiger partial charge in [0.25, 0.3) is 0 Å². The van der Waals surface area contributed by atoms with Crippen molar-refractivity contribution >= 4 is 0 Å². The molecule has 0 rings (SSSR count). The van der Waals surface area contributed by atoms with Crippen LogP contribution in [0.2, 0.25) is 0 Å². The Morgan fingerprint density at radius 1 is 0.184 bits per heavy atom. The lowest BCUT2D eigenvalue weighted by atomic mass is 9.87. The van der Waals surface area contributed by atoms with Gasteiger partial charge in [0.05, 0.1) is 0 Å². The maximum Gasteiger partial charge on any atom is 0.438 e. The van der Waals surface area contributed by atoms with Crippen LogP contribution in [0.4, 0.5) is 145 Å². The molecular weight excluding hydrogens is 821 g/mol. The van der Waals surface area contributed by atoms with Crippen LogP contribution in [0.15, 0.2) is 0 Å². The lowest BCUT2D eigenvalue weighted by Crippen LogP contribution is -2.85. The number of hydrogen-bond acceptors (Lipinski definition) is 1. The predicted molar refractivity (Wildman–Crippen MR) is 79.4 cm³/mol. The number of halogens is 33. The molecule has 0 unspecified atom stereocenters. The van der Waals surface area contributed by atoms with E-state index >= 15 is 0 Å². The fourth-order valence-corrected chi connectivity index (χ4v) is 3.12. The van der Waals surface area contributed by atoms with E-state index in [4.69, 9.17) is 0 Å². The second-order valence-corrected chi connectivity index (χ2v) is 8.64. The van der Waals surface area contributed by atoms with Gasteiger partial charge in [0.1, 0.15) is 0 Å². The van der Waals surface area contributed by atoms with E-state index in [1.807, 2.05) is 0 Å². The number of rotatable bonds is 9. The summed E-state index contributed by atoms with van der Waals surface area (Å²) in [6.07, 6.45) is -55.1. The van der Waals surface area contributed by atoms with Crippen LogP contribution in [0, 0.1) is 0 Å². The standard InChI is InChI=1S/C15F33N/c16-1(7(25,26)27,8(28,29)30)4(19,20)13(43,44)49(14(45,46)5(21,22)2(17,9(31,32)33)10(34,35)36)15(47,48)6(23,24)3(18,11(37,38)39)12(40,41)42. The number of nitrogens with zero attached hydrogens (tertiary/aromatic N) is 1. The van der Waals surface area contributed by atoms with E-state index < -0.39 is 94.9 Å². The highest BCUT2D eigenvalue weighted by Crippen LogP contribution is 2.69. The zero-order valence-electron chi connectivity index (χ0n) is 20.4. The summed E-state index contributed by atoms with van der Waals surface area (Å²) in [5.41, 5.74) is -29.5. The highest BCUT2D eigenvalue weighted by atomic mass is 19.5. The molecular formula is C15F33N. The van der Waals surface area contributed by atoms with Crippen LogP contribution in [0.5, 0.6) is 0 Å². The average Bonchev–Trinajstić information content (AvgIpc) is 2.76. The summed E-state index contributed by atoms with van der Waals surface area (Å²) < 4.78 is 439. The van der Waals surface area contributed by atoms with Gasteiger partial charge in [-0.2, -0.15) is 132 Å². The van der Waals surface area contributed by atoms with Gasteiger partial charge < -0.3 is 0 Å². The lowest BCUT2D eigenvalue weighted by Gasteiger charge is -2.52. The predicted octanol–water partition coefficient (Wildman–Crippen LogP) is 10.5. The molecule has 0 aliphatic carbocycles. The SMILES string of the molecule is FC(F)(F)C(F)(C(F)(F)F)C(F)(F)C(F)(F)N(C(F)(F)C(F)(F)C(F)(C(F)(F)F)C(F)(F)F)C(F)(F)C(F)(F)C(F)(C(F)(F)F)C(F)(F)F. The van der Waals surface area contributed by atoms with Crippen molar-refractivity contribution in [1.82, 2.24) is 4.90 Å². The summed E-state index contributed by atoms with van der Waals surface area (Å²) in [7, 11) is 0. The van der Waals surface area contributed by atoms with E-state index in [1.165, 1.54) is 0 Å². The molecule has 0 aromatic rings. The minimum Gasteiger partial charge on any atom is -0.216 e. The van der Waals surface area contributed by atoms with E-state index in [-0.39, 0.29) is 0 Å². The number of alkyl halides is 33. The highest BCUT2D eigenvalue weighted by Gasteiger charge is 3.01. The Bertz CT molecular complexity index is 990. The molecule has 0 bridgehead atoms. The Morgan fingerprint density at radius 3 is 0.367 bits per heavy atom. The molecule has 0 heterocycles. The van der Waals surface area contributed by atoms with Crippen LogP contribution in [0.25, 0.3) is 0 Å². The molecule has 0 saturated carbocycles. The maximum atomic E-state index is 14.4. The molecule has 34 heteroatoms. The molecule has 0 radical (unpaired) electrons. The monoisotopic (exact) mass is 821 g/mol. The normalized spacial score (nSPS) is 17.3. The van der Waals surface area contributed by atoms with Gasteiger partial charge in [-0.05, 0) is 0 Å². The summed E-state index contributed by atoms with van der Waals surface area (Å²) in [5.74, 6) is -31.1. The largest absolute Gasteiger partial charge is 0.438 e. The van der Waals surface area contributed by atoms with Crippen molar-refractivity contribution in [3.05, 3.63) is 0 Å². The van der Waals surface area contributed by atoms with Crippen molar-refractivity contribution in [3.63, 3.8) is 0 Å². The van der Waals surface area contributed by atoms with Crippen LogP contribution in [-0.2, 0) is 0 Å². The van der Waals surface area contributed by atoms with E-state index in [9.17, 15) is 145 Å². The van der Waals surface area contributed by atoms with E-state index in [0.29, 0.717) is 0 Å². The molecule has 0 amide bonds. The summed E-state index contributed by atoms with van der Waals surface area (Å²) in [5, 5.41) is 0. The van der Waals surface area contributed by atoms with Gasteiger partial charge in [0.2, 0.25) is 0 Å². The van der Waals surface area contributed by atoms with E-state index in [2.05, 4.69) is 0 Å². The summed E-state index contributed by atoms with van der Waals surface area (Å²) in [6.45, 7) is 0. The molecule has 0 N–H and O–H groups in total. The summed E-state index contributed by atoms with van der Waals surface area (Å²) in [6, 6.07) is -31.9. The molecule has 296 valence electrons. The topological polar surface area (TPSA) is 3.24 Å². The Morgan fingerprint density at radius 2 is 0.286 bits per heavy atom. The average molecular weight is 821 g/mol. The quantitative estimate of drug-likeness (QED) is 0.165. The van der Waals surface area contributed by atoms with Crippen LogP contribution < -0.4 is 0 Å². The van der Waals surface area contributed by atoms with Crippen molar-refractivity contribution in [3.8, 4) is 0 Å². The molecule has 0 saturated heterocycles. The molecule has 0 aliphatic heterocycles. The molecule has 0 aromatic carbocycles. The van der Waals surface area contributed by atoms with Gasteiger partial charge in [-0.15, -0.1) is 4.90 Å². The molecule has 0 aliphatic rings. The van der Waals surface area contributed by atoms with Gasteiger partial charge in [-0.25, -0.2) is 13.2 Å². The van der Waals surface area contributed by atoms with Crippen molar-refractivity contribution in [2.75, 3.05) is 0 Å². The molecule has 49 heavy (non-hydrogen) atoms. The lowest BCUT2D eigenvalue weighted by molar-refractivity contribution is -0.535. The van der Waals surface area contributed by atoms with Crippen LogP contribution in [0.3, 0.4) is 0 Å². The van der Waals surface area contributed by atoms with Crippen LogP contribution >= 0.6 is 0 Å². The van der Waals surface area contributed by atoms with Crippen molar-refractivity contribution in [1.29, 1.82) is 0 Å². The number of hydrogen-bond donors (Lipinski definition) is 0. The minimum atomic E-state index is -10.6. The van der Waals surface area contributed by atoms with E-state index in [1.54, 1.807) is 0 Å². The Balaban J connectivity index is 9.16. The zero-order valence-corrected chi connectivity index (χ0v) is 20.4. The molecule has 0 fully saturated rings. The maximum absolute atomic E-state index is 14.4. The second kappa shape index (κ2) is 11.1. The van der Waals surface area contributed by atoms with Crippen molar-refractivity contribution in [2.45, 2.75) is 90.0 Å². The fourth-order valence-electron chi connectivity index (χ4n) is 3.12. The van der Waals surface area contributed by atoms with Gasteiger partial charge in [-0.1, -0.05) is 0 Å².